The lowest BCUT2D eigenvalue weighted by Gasteiger charge is -2.03. The Morgan fingerprint density at radius 2 is 2.36 bits per heavy atom. The number of aryl methyl sites for hydroxylation is 1. The van der Waals surface area contributed by atoms with Crippen molar-refractivity contribution in [3.8, 4) is 0 Å². The second kappa shape index (κ2) is 3.67. The zero-order chi connectivity index (χ0) is 9.97. The molecule has 0 bridgehead atoms. The summed E-state index contributed by atoms with van der Waals surface area (Å²) in [7, 11) is 0. The molecule has 2 N–H and O–H groups in total. The highest BCUT2D eigenvalue weighted by molar-refractivity contribution is 5.17. The van der Waals surface area contributed by atoms with Crippen LogP contribution in [0, 0.1) is 6.92 Å². The summed E-state index contributed by atoms with van der Waals surface area (Å²) in [6.45, 7) is 3.18. The van der Waals surface area contributed by atoms with Crippen LogP contribution >= 0.6 is 0 Å². The van der Waals surface area contributed by atoms with Crippen LogP contribution in [0.3, 0.4) is 0 Å². The van der Waals surface area contributed by atoms with Gasteiger partial charge in [-0.1, -0.05) is 0 Å². The summed E-state index contributed by atoms with van der Waals surface area (Å²) in [5, 5.41) is 4.20. The van der Waals surface area contributed by atoms with E-state index in [-0.39, 0.29) is 0 Å². The van der Waals surface area contributed by atoms with E-state index in [1.165, 1.54) is 0 Å². The zero-order valence-corrected chi connectivity index (χ0v) is 8.10. The lowest BCUT2D eigenvalue weighted by molar-refractivity contribution is 0.503. The SMILES string of the molecule is Cc1ccnn1Cc1ccoc1CN. The second-order valence-electron chi connectivity index (χ2n) is 3.20. The van der Waals surface area contributed by atoms with Crippen LogP contribution in [0.1, 0.15) is 17.0 Å². The smallest absolute Gasteiger partial charge is 0.122 e. The number of aromatic nitrogens is 2. The van der Waals surface area contributed by atoms with Gasteiger partial charge in [0.05, 0.1) is 19.4 Å². The maximum atomic E-state index is 5.54. The third kappa shape index (κ3) is 1.56. The molecule has 0 aromatic carbocycles. The van der Waals surface area contributed by atoms with Gasteiger partial charge in [-0.3, -0.25) is 4.68 Å². The molecule has 0 saturated carbocycles. The van der Waals surface area contributed by atoms with Crippen LogP contribution < -0.4 is 5.73 Å². The predicted molar refractivity (Wildman–Crippen MR) is 52.7 cm³/mol. The highest BCUT2D eigenvalue weighted by atomic mass is 16.3. The molecule has 74 valence electrons. The molecule has 0 amide bonds. The number of nitrogens with zero attached hydrogens (tertiary/aromatic N) is 2. The fraction of sp³-hybridized carbons (Fsp3) is 0.300. The van der Waals surface area contributed by atoms with E-state index in [1.807, 2.05) is 23.7 Å². The molecule has 0 spiro atoms. The third-order valence-electron chi connectivity index (χ3n) is 2.27. The van der Waals surface area contributed by atoms with E-state index in [9.17, 15) is 0 Å². The summed E-state index contributed by atoms with van der Waals surface area (Å²) < 4.78 is 7.16. The molecule has 0 unspecified atom stereocenters. The van der Waals surface area contributed by atoms with Crippen molar-refractivity contribution >= 4 is 0 Å². The average Bonchev–Trinajstić information content (AvgIpc) is 2.77. The Labute approximate surface area is 82.3 Å². The number of hydrogen-bond acceptors (Lipinski definition) is 3. The van der Waals surface area contributed by atoms with Gasteiger partial charge in [0.15, 0.2) is 0 Å². The Morgan fingerprint density at radius 3 is 3.00 bits per heavy atom. The van der Waals surface area contributed by atoms with E-state index >= 15 is 0 Å². The first-order valence-electron chi connectivity index (χ1n) is 4.55. The summed E-state index contributed by atoms with van der Waals surface area (Å²) in [6, 6.07) is 3.91. The predicted octanol–water partition coefficient (Wildman–Crippen LogP) is 1.29. The van der Waals surface area contributed by atoms with Gasteiger partial charge in [0, 0.05) is 17.5 Å². The summed E-state index contributed by atoms with van der Waals surface area (Å²) in [5.41, 5.74) is 7.77. The van der Waals surface area contributed by atoms with Crippen LogP contribution in [0.25, 0.3) is 0 Å². The number of nitrogens with two attached hydrogens (primary N) is 1. The van der Waals surface area contributed by atoms with Crippen molar-refractivity contribution in [2.45, 2.75) is 20.0 Å². The first kappa shape index (κ1) is 9.02. The molecule has 4 heteroatoms. The van der Waals surface area contributed by atoms with Crippen LogP contribution in [-0.2, 0) is 13.1 Å². The van der Waals surface area contributed by atoms with Crippen molar-refractivity contribution in [2.24, 2.45) is 5.73 Å². The van der Waals surface area contributed by atoms with Crippen molar-refractivity contribution in [3.05, 3.63) is 41.6 Å². The summed E-state index contributed by atoms with van der Waals surface area (Å²) in [4.78, 5) is 0. The topological polar surface area (TPSA) is 57.0 Å². The van der Waals surface area contributed by atoms with Gasteiger partial charge in [0.1, 0.15) is 5.76 Å². The number of furan rings is 1. The molecule has 14 heavy (non-hydrogen) atoms. The first-order chi connectivity index (χ1) is 6.81. The van der Waals surface area contributed by atoms with Crippen LogP contribution in [0.2, 0.25) is 0 Å². The van der Waals surface area contributed by atoms with Crippen molar-refractivity contribution < 1.29 is 4.42 Å². The van der Waals surface area contributed by atoms with Gasteiger partial charge in [0.25, 0.3) is 0 Å². The molecule has 2 aromatic heterocycles. The first-order valence-corrected chi connectivity index (χ1v) is 4.55. The molecule has 0 radical (unpaired) electrons. The monoisotopic (exact) mass is 191 g/mol. The van der Waals surface area contributed by atoms with Gasteiger partial charge in [-0.15, -0.1) is 0 Å². The quantitative estimate of drug-likeness (QED) is 0.795. The fourth-order valence-corrected chi connectivity index (χ4v) is 1.41. The van der Waals surface area contributed by atoms with E-state index in [2.05, 4.69) is 5.10 Å². The van der Waals surface area contributed by atoms with E-state index in [1.54, 1.807) is 12.5 Å². The van der Waals surface area contributed by atoms with Gasteiger partial charge >= 0.3 is 0 Å². The van der Waals surface area contributed by atoms with Crippen LogP contribution in [-0.4, -0.2) is 9.78 Å². The maximum absolute atomic E-state index is 5.54. The Balaban J connectivity index is 2.22. The number of rotatable bonds is 3. The molecule has 0 aliphatic heterocycles. The molecule has 2 rings (SSSR count). The normalized spacial score (nSPS) is 10.7. The van der Waals surface area contributed by atoms with Crippen molar-refractivity contribution in [1.82, 2.24) is 9.78 Å². The zero-order valence-electron chi connectivity index (χ0n) is 8.10. The van der Waals surface area contributed by atoms with Gasteiger partial charge in [-0.05, 0) is 19.1 Å². The van der Waals surface area contributed by atoms with E-state index in [4.69, 9.17) is 10.2 Å². The molecular formula is C10H13N3O. The van der Waals surface area contributed by atoms with Crippen molar-refractivity contribution in [2.75, 3.05) is 0 Å². The fourth-order valence-electron chi connectivity index (χ4n) is 1.41. The number of hydrogen-bond donors (Lipinski definition) is 1. The molecule has 2 aromatic rings. The Kier molecular flexibility index (Phi) is 2.37. The summed E-state index contributed by atoms with van der Waals surface area (Å²) in [6.07, 6.45) is 3.45. The highest BCUT2D eigenvalue weighted by Crippen LogP contribution is 2.12. The van der Waals surface area contributed by atoms with E-state index in [0.29, 0.717) is 6.54 Å². The van der Waals surface area contributed by atoms with Gasteiger partial charge < -0.3 is 10.2 Å². The van der Waals surface area contributed by atoms with Gasteiger partial charge in [-0.25, -0.2) is 0 Å². The van der Waals surface area contributed by atoms with E-state index < -0.39 is 0 Å². The average molecular weight is 191 g/mol. The maximum Gasteiger partial charge on any atom is 0.122 e. The largest absolute Gasteiger partial charge is 0.468 e. The van der Waals surface area contributed by atoms with Crippen molar-refractivity contribution in [1.29, 1.82) is 0 Å². The molecule has 0 saturated heterocycles. The Hall–Kier alpha value is -1.55. The third-order valence-corrected chi connectivity index (χ3v) is 2.27. The van der Waals surface area contributed by atoms with E-state index in [0.717, 1.165) is 23.6 Å². The lowest BCUT2D eigenvalue weighted by atomic mass is 10.2. The minimum atomic E-state index is 0.433. The molecule has 0 atom stereocenters. The molecule has 4 nitrogen and oxygen atoms in total. The van der Waals surface area contributed by atoms with Crippen LogP contribution in [0.5, 0.6) is 0 Å². The lowest BCUT2D eigenvalue weighted by Crippen LogP contribution is -2.06. The second-order valence-corrected chi connectivity index (χ2v) is 3.20. The molecule has 2 heterocycles. The standard InChI is InChI=1S/C10H13N3O/c1-8-2-4-12-13(8)7-9-3-5-14-10(9)6-11/h2-5H,6-7,11H2,1H3. The Bertz CT molecular complexity index is 416. The van der Waals surface area contributed by atoms with Crippen LogP contribution in [0.15, 0.2) is 29.0 Å². The van der Waals surface area contributed by atoms with Gasteiger partial charge in [-0.2, -0.15) is 5.10 Å². The summed E-state index contributed by atoms with van der Waals surface area (Å²) >= 11 is 0. The molecular weight excluding hydrogens is 178 g/mol. The van der Waals surface area contributed by atoms with Crippen LogP contribution in [0.4, 0.5) is 0 Å². The molecule has 0 aliphatic carbocycles. The summed E-state index contributed by atoms with van der Waals surface area (Å²) in [5.74, 6) is 0.833. The van der Waals surface area contributed by atoms with Crippen molar-refractivity contribution in [3.63, 3.8) is 0 Å². The van der Waals surface area contributed by atoms with Gasteiger partial charge in [0.2, 0.25) is 0 Å². The Morgan fingerprint density at radius 1 is 1.50 bits per heavy atom. The molecule has 0 fully saturated rings. The molecule has 0 aliphatic rings. The highest BCUT2D eigenvalue weighted by Gasteiger charge is 2.06. The minimum absolute atomic E-state index is 0.433. The minimum Gasteiger partial charge on any atom is -0.468 e.